The maximum atomic E-state index is 9.76. The Labute approximate surface area is 392 Å². The molecule has 1 aliphatic heterocycles. The second-order valence-corrected chi connectivity index (χ2v) is 16.8. The van der Waals surface area contributed by atoms with E-state index in [4.69, 9.17) is 4.98 Å². The van der Waals surface area contributed by atoms with E-state index in [1.54, 1.807) is 0 Å². The zero-order chi connectivity index (χ0) is 44.9. The molecule has 9 aromatic carbocycles. The molecular formula is C64H45N3. The van der Waals surface area contributed by atoms with Gasteiger partial charge in [0.25, 0.3) is 0 Å². The van der Waals surface area contributed by atoms with E-state index in [9.17, 15) is 5.41 Å². The maximum Gasteiger partial charge on any atom is 0.0715 e. The van der Waals surface area contributed by atoms with Crippen molar-refractivity contribution < 1.29 is 0 Å². The Balaban J connectivity index is 1.06. The Kier molecular flexibility index (Phi) is 11.1. The summed E-state index contributed by atoms with van der Waals surface area (Å²) in [6.45, 7) is 0. The largest absolute Gasteiger partial charge is 0.354 e. The minimum absolute atomic E-state index is 0.454. The monoisotopic (exact) mass is 855 g/mol. The van der Waals surface area contributed by atoms with Gasteiger partial charge in [-0.2, -0.15) is 0 Å². The van der Waals surface area contributed by atoms with Crippen LogP contribution in [0.25, 0.3) is 90.1 Å². The number of benzene rings is 9. The molecule has 0 bridgehead atoms. The quantitative estimate of drug-likeness (QED) is 0.135. The summed E-state index contributed by atoms with van der Waals surface area (Å²) < 4.78 is 0. The number of hydrogen-bond acceptors (Lipinski definition) is 3. The van der Waals surface area contributed by atoms with Gasteiger partial charge in [0.2, 0.25) is 0 Å². The lowest BCUT2D eigenvalue weighted by molar-refractivity contribution is 1.22. The van der Waals surface area contributed by atoms with Crippen molar-refractivity contribution in [2.24, 2.45) is 0 Å². The molecule has 0 unspecified atom stereocenters. The van der Waals surface area contributed by atoms with Gasteiger partial charge in [-0.15, -0.1) is 0 Å². The summed E-state index contributed by atoms with van der Waals surface area (Å²) in [6.07, 6.45) is 2.22. The van der Waals surface area contributed by atoms with Gasteiger partial charge in [-0.25, -0.2) is 4.98 Å². The zero-order valence-electron chi connectivity index (χ0n) is 36.8. The molecule has 0 radical (unpaired) electrons. The van der Waals surface area contributed by atoms with Crippen molar-refractivity contribution in [2.45, 2.75) is 0 Å². The third-order valence-corrected chi connectivity index (χ3v) is 12.5. The third kappa shape index (κ3) is 8.58. The molecule has 0 amide bonds. The third-order valence-electron chi connectivity index (χ3n) is 12.5. The van der Waals surface area contributed by atoms with Crippen LogP contribution in [0, 0.1) is 5.41 Å². The minimum atomic E-state index is 0.454. The zero-order valence-corrected chi connectivity index (χ0v) is 36.8. The highest BCUT2D eigenvalue weighted by Crippen LogP contribution is 2.40. The Hall–Kier alpha value is -8.92. The van der Waals surface area contributed by atoms with E-state index in [-0.39, 0.29) is 0 Å². The normalized spacial score (nSPS) is 12.6. The van der Waals surface area contributed by atoms with Crippen LogP contribution in [0.4, 0.5) is 0 Å². The molecule has 0 aliphatic carbocycles. The van der Waals surface area contributed by atoms with Gasteiger partial charge in [0.05, 0.1) is 22.8 Å². The Morgan fingerprint density at radius 3 is 1.27 bits per heavy atom. The van der Waals surface area contributed by atoms with Crippen LogP contribution in [-0.4, -0.2) is 10.7 Å². The van der Waals surface area contributed by atoms with Crippen LogP contribution in [0.1, 0.15) is 27.8 Å². The van der Waals surface area contributed by atoms with Crippen LogP contribution >= 0.6 is 0 Å². The number of nitrogens with one attached hydrogen (secondary N) is 2. The van der Waals surface area contributed by atoms with Gasteiger partial charge in [-0.05, 0) is 104 Å². The molecule has 316 valence electrons. The lowest BCUT2D eigenvalue weighted by Gasteiger charge is -2.27. The van der Waals surface area contributed by atoms with E-state index in [1.807, 2.05) is 54.6 Å². The molecule has 11 rings (SSSR count). The summed E-state index contributed by atoms with van der Waals surface area (Å²) >= 11 is 0. The summed E-state index contributed by atoms with van der Waals surface area (Å²) in [7, 11) is 0. The second kappa shape index (κ2) is 18.3. The summed E-state index contributed by atoms with van der Waals surface area (Å²) in [5.74, 6) is 0. The first kappa shape index (κ1) is 40.8. The Morgan fingerprint density at radius 2 is 0.731 bits per heavy atom. The number of allylic oxidation sites excluding steroid dienone is 1. The van der Waals surface area contributed by atoms with E-state index in [2.05, 4.69) is 212 Å². The summed E-state index contributed by atoms with van der Waals surface area (Å²) in [5.41, 5.74) is 21.1. The predicted molar refractivity (Wildman–Crippen MR) is 281 cm³/mol. The van der Waals surface area contributed by atoms with Gasteiger partial charge in [-0.3, -0.25) is 5.41 Å². The molecular weight excluding hydrogens is 811 g/mol. The van der Waals surface area contributed by atoms with Crippen LogP contribution in [0.2, 0.25) is 0 Å². The molecule has 0 fully saturated rings. The Bertz CT molecular complexity index is 3360. The number of fused-ring (bicyclic) bond motifs is 1. The average molecular weight is 856 g/mol. The fourth-order valence-corrected chi connectivity index (χ4v) is 9.06. The van der Waals surface area contributed by atoms with Crippen molar-refractivity contribution in [3.63, 3.8) is 0 Å². The van der Waals surface area contributed by atoms with Crippen molar-refractivity contribution in [3.05, 3.63) is 283 Å². The smallest absolute Gasteiger partial charge is 0.0715 e. The summed E-state index contributed by atoms with van der Waals surface area (Å²) in [4.78, 5) is 5.38. The molecule has 3 nitrogen and oxygen atoms in total. The molecule has 0 spiro atoms. The fraction of sp³-hybridized carbons (Fsp3) is 0. The topological polar surface area (TPSA) is 48.8 Å². The SMILES string of the molecule is N=C(/C(=C1\NC(c2ccccc2)=Cc2ccc(-c3cccc(-c4cc(-c5cccc(-c6ccccc6)c5)nc(-c5cccc(-c6ccccc6)c5)c4)c3)cc21)c1ccccc1)c1ccccc1. The molecule has 67 heavy (non-hydrogen) atoms. The molecule has 10 aromatic rings. The van der Waals surface area contributed by atoms with E-state index in [0.717, 1.165) is 101 Å². The van der Waals surface area contributed by atoms with Gasteiger partial charge in [0.15, 0.2) is 0 Å². The Morgan fingerprint density at radius 1 is 0.328 bits per heavy atom. The molecule has 0 atom stereocenters. The lowest BCUT2D eigenvalue weighted by atomic mass is 9.86. The van der Waals surface area contributed by atoms with E-state index < -0.39 is 0 Å². The van der Waals surface area contributed by atoms with Crippen molar-refractivity contribution in [1.82, 2.24) is 10.3 Å². The van der Waals surface area contributed by atoms with Crippen molar-refractivity contribution in [1.29, 1.82) is 5.41 Å². The summed E-state index contributed by atoms with van der Waals surface area (Å²) in [6, 6.07) is 89.2. The van der Waals surface area contributed by atoms with Crippen LogP contribution in [-0.2, 0) is 0 Å². The van der Waals surface area contributed by atoms with Crippen molar-refractivity contribution in [2.75, 3.05) is 0 Å². The first-order valence-electron chi connectivity index (χ1n) is 22.7. The second-order valence-electron chi connectivity index (χ2n) is 16.8. The first-order chi connectivity index (χ1) is 33.1. The van der Waals surface area contributed by atoms with Crippen LogP contribution in [0.15, 0.2) is 255 Å². The first-order valence-corrected chi connectivity index (χ1v) is 22.7. The average Bonchev–Trinajstić information content (AvgIpc) is 3.42. The molecule has 1 aromatic heterocycles. The maximum absolute atomic E-state index is 9.76. The van der Waals surface area contributed by atoms with E-state index in [1.165, 1.54) is 11.1 Å². The number of pyridine rings is 1. The lowest BCUT2D eigenvalue weighted by Crippen LogP contribution is -2.20. The number of aromatic nitrogens is 1. The number of hydrogen-bond donors (Lipinski definition) is 2. The number of rotatable bonds is 10. The fourth-order valence-electron chi connectivity index (χ4n) is 9.06. The standard InChI is InChI=1S/C64H45N3/c65-63(48-27-14-5-15-28-48)62(47-25-12-4-13-26-47)64-58-40-53(35-36-54(58)41-59(67-64)46-23-10-3-11-24-46)51-31-16-32-52(37-51)57-42-60(55-33-17-29-49(38-55)44-19-6-1-7-20-44)66-61(43-57)56-34-18-30-50(39-56)45-21-8-2-9-22-45/h1-43,65,67H/b64-62-,65-63?. The van der Waals surface area contributed by atoms with Gasteiger partial charge < -0.3 is 5.32 Å². The van der Waals surface area contributed by atoms with Gasteiger partial charge >= 0.3 is 0 Å². The molecule has 0 saturated heterocycles. The van der Waals surface area contributed by atoms with Crippen LogP contribution in [0.5, 0.6) is 0 Å². The van der Waals surface area contributed by atoms with Crippen LogP contribution in [0.3, 0.4) is 0 Å². The van der Waals surface area contributed by atoms with E-state index in [0.29, 0.717) is 5.71 Å². The van der Waals surface area contributed by atoms with E-state index >= 15 is 0 Å². The van der Waals surface area contributed by atoms with Gasteiger partial charge in [0, 0.05) is 33.5 Å². The van der Waals surface area contributed by atoms with Crippen molar-refractivity contribution >= 4 is 28.8 Å². The molecule has 3 heteroatoms. The minimum Gasteiger partial charge on any atom is -0.354 e. The molecule has 1 aliphatic rings. The highest BCUT2D eigenvalue weighted by atomic mass is 14.9. The molecule has 2 N–H and O–H groups in total. The highest BCUT2D eigenvalue weighted by molar-refractivity contribution is 6.36. The van der Waals surface area contributed by atoms with Gasteiger partial charge in [0.1, 0.15) is 0 Å². The number of nitrogens with zero attached hydrogens (tertiary/aromatic N) is 1. The predicted octanol–water partition coefficient (Wildman–Crippen LogP) is 16.1. The van der Waals surface area contributed by atoms with Crippen molar-refractivity contribution in [3.8, 4) is 67.0 Å². The molecule has 0 saturated carbocycles. The van der Waals surface area contributed by atoms with Gasteiger partial charge in [-0.1, -0.05) is 218 Å². The molecule has 2 heterocycles. The highest BCUT2D eigenvalue weighted by Gasteiger charge is 2.24. The van der Waals surface area contributed by atoms with Crippen LogP contribution < -0.4 is 5.32 Å². The summed E-state index contributed by atoms with van der Waals surface area (Å²) in [5, 5.41) is 13.6.